The van der Waals surface area contributed by atoms with Gasteiger partial charge in [-0.1, -0.05) is 56.4 Å². The molecule has 0 radical (unpaired) electrons. The first kappa shape index (κ1) is 38.2. The molecule has 2 aliphatic rings. The minimum atomic E-state index is -0.696. The number of unbranched alkanes of at least 4 members (excludes halogenated alkanes) is 4. The Morgan fingerprint density at radius 3 is 2.45 bits per heavy atom. The molecule has 9 nitrogen and oxygen atoms in total. The number of halogens is 2. The second-order valence-electron chi connectivity index (χ2n) is 15.5. The highest BCUT2D eigenvalue weighted by atomic mass is 19.1. The summed E-state index contributed by atoms with van der Waals surface area (Å²) in [5.41, 5.74) is 6.97. The molecule has 0 saturated carbocycles. The molecule has 2 fully saturated rings. The van der Waals surface area contributed by atoms with Gasteiger partial charge in [-0.15, -0.1) is 6.42 Å². The van der Waals surface area contributed by atoms with E-state index in [1.807, 2.05) is 26.8 Å². The van der Waals surface area contributed by atoms with E-state index in [1.54, 1.807) is 23.1 Å². The lowest BCUT2D eigenvalue weighted by Gasteiger charge is -2.31. The maximum Gasteiger partial charge on any atom is 0.410 e. The molecule has 6 rings (SSSR count). The second-order valence-corrected chi connectivity index (χ2v) is 15.5. The molecule has 2 aromatic heterocycles. The summed E-state index contributed by atoms with van der Waals surface area (Å²) >= 11 is 0. The summed E-state index contributed by atoms with van der Waals surface area (Å²) in [7, 11) is 0. The molecule has 2 aliphatic heterocycles. The van der Waals surface area contributed by atoms with Crippen LogP contribution in [0.3, 0.4) is 0 Å². The molecule has 4 heterocycles. The normalized spacial score (nSPS) is 15.5. The topological polar surface area (TPSA) is 107 Å². The van der Waals surface area contributed by atoms with E-state index in [4.69, 9.17) is 26.6 Å². The number of carbonyl (C=O) groups is 1. The molecule has 0 spiro atoms. The van der Waals surface area contributed by atoms with Crippen molar-refractivity contribution in [2.45, 2.75) is 109 Å². The Bertz CT molecular complexity index is 2000. The lowest BCUT2D eigenvalue weighted by molar-refractivity contribution is 0.0244. The highest BCUT2D eigenvalue weighted by molar-refractivity contribution is 6.02. The van der Waals surface area contributed by atoms with E-state index in [9.17, 15) is 4.79 Å². The van der Waals surface area contributed by atoms with Crippen molar-refractivity contribution in [3.05, 3.63) is 53.2 Å². The number of nitrogen functional groups attached to an aromatic ring is 1. The molecule has 2 N–H and O–H groups in total. The number of nitrogens with zero attached hydrogens (tertiary/aromatic N) is 5. The number of carbonyl (C=O) groups excluding carboxylic acids is 1. The van der Waals surface area contributed by atoms with Gasteiger partial charge in [0, 0.05) is 24.0 Å². The molecule has 0 bridgehead atoms. The van der Waals surface area contributed by atoms with Crippen molar-refractivity contribution >= 4 is 33.6 Å². The molecule has 1 amide bonds. The van der Waals surface area contributed by atoms with Gasteiger partial charge >= 0.3 is 12.1 Å². The molecular formula is C42H52F2N6O3. The number of hydrogen-bond acceptors (Lipinski definition) is 8. The van der Waals surface area contributed by atoms with Gasteiger partial charge in [0.25, 0.3) is 0 Å². The van der Waals surface area contributed by atoms with Crippen molar-refractivity contribution in [1.29, 1.82) is 0 Å². The van der Waals surface area contributed by atoms with E-state index in [1.165, 1.54) is 6.07 Å². The number of aryl methyl sites for hydroxylation is 1. The number of pyridine rings is 1. The van der Waals surface area contributed by atoms with Gasteiger partial charge in [0.05, 0.1) is 22.2 Å². The number of rotatable bonds is 14. The van der Waals surface area contributed by atoms with Crippen LogP contribution < -0.4 is 10.5 Å². The van der Waals surface area contributed by atoms with E-state index in [-0.39, 0.29) is 40.2 Å². The molecule has 0 atom stereocenters. The lowest BCUT2D eigenvalue weighted by atomic mass is 9.95. The minimum Gasteiger partial charge on any atom is -0.461 e. The zero-order chi connectivity index (χ0) is 37.8. The fourth-order valence-corrected chi connectivity index (χ4v) is 7.95. The van der Waals surface area contributed by atoms with Crippen molar-refractivity contribution in [3.63, 3.8) is 0 Å². The lowest BCUT2D eigenvalue weighted by Crippen LogP contribution is -2.43. The second kappa shape index (κ2) is 16.2. The van der Waals surface area contributed by atoms with Gasteiger partial charge in [-0.3, -0.25) is 4.90 Å². The maximum atomic E-state index is 16.9. The first-order chi connectivity index (χ1) is 25.4. The number of benzene rings is 2. The Morgan fingerprint density at radius 1 is 1.00 bits per heavy atom. The standard InChI is InChI=1S/C42H52F2N6O3/c1-6-8-23-49(40(51)53-41(3,4)5)24-12-10-9-11-18-32-34-37(47-39(48-38(34)45)52-27-42-21-14-25-50(42)26-15-22-42)35(44)36(46-32)30-17-13-16-28-19-20-31(43)29(7-2)33(28)30/h2,13,16-17,19-20H,6,8-12,14-15,18,21-27H2,1,3-5H3,(H2,45,47,48). The van der Waals surface area contributed by atoms with Crippen molar-refractivity contribution in [1.82, 2.24) is 24.8 Å². The van der Waals surface area contributed by atoms with Crippen LogP contribution >= 0.6 is 0 Å². The highest BCUT2D eigenvalue weighted by Gasteiger charge is 2.45. The summed E-state index contributed by atoms with van der Waals surface area (Å²) in [6, 6.07) is 8.26. The van der Waals surface area contributed by atoms with Crippen LogP contribution in [0.2, 0.25) is 0 Å². The highest BCUT2D eigenvalue weighted by Crippen LogP contribution is 2.40. The molecule has 53 heavy (non-hydrogen) atoms. The summed E-state index contributed by atoms with van der Waals surface area (Å²) in [5.74, 6) is 1.30. The summed E-state index contributed by atoms with van der Waals surface area (Å²) < 4.78 is 43.7. The van der Waals surface area contributed by atoms with Gasteiger partial charge in [0.15, 0.2) is 5.82 Å². The first-order valence-corrected chi connectivity index (χ1v) is 19.1. The van der Waals surface area contributed by atoms with Crippen LogP contribution in [0, 0.1) is 24.0 Å². The smallest absolute Gasteiger partial charge is 0.410 e. The van der Waals surface area contributed by atoms with Crippen molar-refractivity contribution in [2.75, 3.05) is 38.5 Å². The predicted octanol–water partition coefficient (Wildman–Crippen LogP) is 8.83. The molecule has 2 saturated heterocycles. The van der Waals surface area contributed by atoms with E-state index in [0.29, 0.717) is 53.5 Å². The van der Waals surface area contributed by atoms with E-state index in [0.717, 1.165) is 77.3 Å². The van der Waals surface area contributed by atoms with Gasteiger partial charge in [0.2, 0.25) is 0 Å². The van der Waals surface area contributed by atoms with Gasteiger partial charge in [-0.2, -0.15) is 9.97 Å². The molecule has 4 aromatic rings. The third-order valence-corrected chi connectivity index (χ3v) is 10.6. The van der Waals surface area contributed by atoms with Crippen molar-refractivity contribution in [2.24, 2.45) is 0 Å². The summed E-state index contributed by atoms with van der Waals surface area (Å²) in [6.07, 6.45) is 15.4. The van der Waals surface area contributed by atoms with Crippen LogP contribution in [0.5, 0.6) is 6.01 Å². The Morgan fingerprint density at radius 2 is 1.74 bits per heavy atom. The third kappa shape index (κ3) is 8.33. The summed E-state index contributed by atoms with van der Waals surface area (Å²) in [5, 5.41) is 1.42. The quantitative estimate of drug-likeness (QED) is 0.102. The minimum absolute atomic E-state index is 0.0132. The molecule has 282 valence electrons. The molecule has 0 unspecified atom stereocenters. The van der Waals surface area contributed by atoms with Crippen LogP contribution in [0.15, 0.2) is 30.3 Å². The molecule has 2 aromatic carbocycles. The van der Waals surface area contributed by atoms with Gasteiger partial charge in [0.1, 0.15) is 35.1 Å². The average molecular weight is 727 g/mol. The van der Waals surface area contributed by atoms with Gasteiger partial charge < -0.3 is 20.1 Å². The monoisotopic (exact) mass is 726 g/mol. The molecular weight excluding hydrogens is 674 g/mol. The number of hydrogen-bond donors (Lipinski definition) is 1. The SMILES string of the molecule is C#Cc1c(F)ccc2cccc(-c3nc(CCCCCCN(CCCC)C(=O)OC(C)(C)C)c4c(N)nc(OCC56CCCN5CCC6)nc4c3F)c12. The van der Waals surface area contributed by atoms with Crippen LogP contribution in [0.4, 0.5) is 19.4 Å². The first-order valence-electron chi connectivity index (χ1n) is 19.1. The number of anilines is 1. The van der Waals surface area contributed by atoms with E-state index < -0.39 is 17.2 Å². The van der Waals surface area contributed by atoms with Crippen LogP contribution in [0.1, 0.15) is 103 Å². The summed E-state index contributed by atoms with van der Waals surface area (Å²) in [4.78, 5) is 31.1. The largest absolute Gasteiger partial charge is 0.461 e. The zero-order valence-electron chi connectivity index (χ0n) is 31.6. The zero-order valence-corrected chi connectivity index (χ0v) is 31.6. The third-order valence-electron chi connectivity index (χ3n) is 10.6. The molecule has 0 aliphatic carbocycles. The Labute approximate surface area is 311 Å². The Balaban J connectivity index is 1.28. The van der Waals surface area contributed by atoms with E-state index in [2.05, 4.69) is 27.7 Å². The number of terminal acetylenes is 1. The van der Waals surface area contributed by atoms with Gasteiger partial charge in [-0.05, 0) is 96.7 Å². The van der Waals surface area contributed by atoms with Crippen molar-refractivity contribution < 1.29 is 23.0 Å². The number of aromatic nitrogens is 3. The summed E-state index contributed by atoms with van der Waals surface area (Å²) in [6.45, 7) is 11.5. The van der Waals surface area contributed by atoms with Crippen LogP contribution in [-0.4, -0.2) is 74.8 Å². The number of amides is 1. The predicted molar refractivity (Wildman–Crippen MR) is 206 cm³/mol. The Hall–Kier alpha value is -4.56. The average Bonchev–Trinajstić information content (AvgIpc) is 3.71. The van der Waals surface area contributed by atoms with Crippen LogP contribution in [-0.2, 0) is 11.2 Å². The molecule has 11 heteroatoms. The number of fused-ring (bicyclic) bond motifs is 3. The fourth-order valence-electron chi connectivity index (χ4n) is 7.95. The number of ether oxygens (including phenoxy) is 2. The van der Waals surface area contributed by atoms with E-state index >= 15 is 8.78 Å². The Kier molecular flexibility index (Phi) is 11.7. The van der Waals surface area contributed by atoms with Gasteiger partial charge in [-0.25, -0.2) is 18.6 Å². The maximum absolute atomic E-state index is 16.9. The number of nitrogens with two attached hydrogens (primary N) is 1. The fraction of sp³-hybridized carbons (Fsp3) is 0.524. The van der Waals surface area contributed by atoms with Crippen LogP contribution in [0.25, 0.3) is 32.9 Å². The van der Waals surface area contributed by atoms with Crippen molar-refractivity contribution in [3.8, 4) is 29.6 Å².